The first-order chi connectivity index (χ1) is 9.24. The van der Waals surface area contributed by atoms with E-state index in [2.05, 4.69) is 10.0 Å². The molecule has 0 saturated carbocycles. The standard InChI is InChI=1S/C12H18ClN3O3S/c1-8(2)16-11(17)6-7-15-20(18,19)12-9(13)4-3-5-10(12)14/h3-5,8,15H,6-7,14H2,1-2H3,(H,16,17). The fraction of sp³-hybridized carbons (Fsp3) is 0.417. The van der Waals surface area contributed by atoms with Gasteiger partial charge in [-0.15, -0.1) is 0 Å². The van der Waals surface area contributed by atoms with Crippen molar-refractivity contribution in [2.24, 2.45) is 0 Å². The predicted octanol–water partition coefficient (Wildman–Crippen LogP) is 1.12. The zero-order chi connectivity index (χ0) is 15.3. The quantitative estimate of drug-likeness (QED) is 0.684. The number of rotatable bonds is 6. The Balaban J connectivity index is 2.70. The summed E-state index contributed by atoms with van der Waals surface area (Å²) in [6.45, 7) is 3.63. The van der Waals surface area contributed by atoms with Crippen LogP contribution in [0.1, 0.15) is 20.3 Å². The van der Waals surface area contributed by atoms with Crippen molar-refractivity contribution in [2.45, 2.75) is 31.2 Å². The van der Waals surface area contributed by atoms with Gasteiger partial charge in [-0.3, -0.25) is 4.79 Å². The largest absolute Gasteiger partial charge is 0.398 e. The van der Waals surface area contributed by atoms with E-state index in [1.165, 1.54) is 12.1 Å². The van der Waals surface area contributed by atoms with Crippen LogP contribution in [0.15, 0.2) is 23.1 Å². The van der Waals surface area contributed by atoms with Crippen LogP contribution >= 0.6 is 11.6 Å². The molecule has 1 amide bonds. The molecule has 112 valence electrons. The first-order valence-corrected chi connectivity index (χ1v) is 7.93. The van der Waals surface area contributed by atoms with Gasteiger partial charge in [-0.25, -0.2) is 13.1 Å². The molecule has 0 aliphatic carbocycles. The van der Waals surface area contributed by atoms with Crippen molar-refractivity contribution in [3.8, 4) is 0 Å². The van der Waals surface area contributed by atoms with Gasteiger partial charge >= 0.3 is 0 Å². The molecular formula is C12H18ClN3O3S. The third kappa shape index (κ3) is 4.66. The summed E-state index contributed by atoms with van der Waals surface area (Å²) in [6.07, 6.45) is 0.0434. The average molecular weight is 320 g/mol. The molecule has 0 radical (unpaired) electrons. The smallest absolute Gasteiger partial charge is 0.244 e. The number of nitrogens with one attached hydrogen (secondary N) is 2. The minimum Gasteiger partial charge on any atom is -0.398 e. The maximum atomic E-state index is 12.1. The molecule has 20 heavy (non-hydrogen) atoms. The van der Waals surface area contributed by atoms with E-state index < -0.39 is 10.0 Å². The first kappa shape index (κ1) is 16.7. The summed E-state index contributed by atoms with van der Waals surface area (Å²) in [5.74, 6) is -0.227. The first-order valence-electron chi connectivity index (χ1n) is 6.07. The topological polar surface area (TPSA) is 101 Å². The van der Waals surface area contributed by atoms with Crippen molar-refractivity contribution in [1.82, 2.24) is 10.0 Å². The number of nitrogens with two attached hydrogens (primary N) is 1. The van der Waals surface area contributed by atoms with Crippen molar-refractivity contribution >= 4 is 33.2 Å². The Morgan fingerprint density at radius 1 is 1.40 bits per heavy atom. The Morgan fingerprint density at radius 2 is 2.05 bits per heavy atom. The normalized spacial score (nSPS) is 11.6. The summed E-state index contributed by atoms with van der Waals surface area (Å²) in [4.78, 5) is 11.3. The van der Waals surface area contributed by atoms with Crippen molar-refractivity contribution in [3.05, 3.63) is 23.2 Å². The molecule has 0 aliphatic heterocycles. The van der Waals surface area contributed by atoms with Crippen LogP contribution in [0.25, 0.3) is 0 Å². The SMILES string of the molecule is CC(C)NC(=O)CCNS(=O)(=O)c1c(N)cccc1Cl. The van der Waals surface area contributed by atoms with Gasteiger partial charge in [-0.1, -0.05) is 17.7 Å². The highest BCUT2D eigenvalue weighted by atomic mass is 35.5. The second-order valence-corrected chi connectivity index (χ2v) is 6.64. The van der Waals surface area contributed by atoms with Gasteiger partial charge in [0.25, 0.3) is 0 Å². The Hall–Kier alpha value is -1.31. The van der Waals surface area contributed by atoms with Crippen molar-refractivity contribution < 1.29 is 13.2 Å². The highest BCUT2D eigenvalue weighted by molar-refractivity contribution is 7.89. The Morgan fingerprint density at radius 3 is 2.60 bits per heavy atom. The lowest BCUT2D eigenvalue weighted by Crippen LogP contribution is -2.34. The number of halogens is 1. The molecule has 6 nitrogen and oxygen atoms in total. The molecule has 0 spiro atoms. The highest BCUT2D eigenvalue weighted by Crippen LogP contribution is 2.26. The molecule has 0 aromatic heterocycles. The molecule has 8 heteroatoms. The lowest BCUT2D eigenvalue weighted by Gasteiger charge is -2.11. The third-order valence-corrected chi connectivity index (χ3v) is 4.36. The molecule has 0 aliphatic rings. The number of amides is 1. The van der Waals surface area contributed by atoms with E-state index in [0.29, 0.717) is 0 Å². The van der Waals surface area contributed by atoms with E-state index in [1.807, 2.05) is 13.8 Å². The van der Waals surface area contributed by atoms with Gasteiger partial charge < -0.3 is 11.1 Å². The van der Waals surface area contributed by atoms with Crippen LogP contribution in [0.4, 0.5) is 5.69 Å². The average Bonchev–Trinajstić information content (AvgIpc) is 2.26. The Bertz CT molecular complexity index is 567. The van der Waals surface area contributed by atoms with E-state index in [1.54, 1.807) is 6.07 Å². The van der Waals surface area contributed by atoms with Crippen LogP contribution in [0, 0.1) is 0 Å². The Labute approximate surface area is 123 Å². The predicted molar refractivity (Wildman–Crippen MR) is 78.9 cm³/mol. The molecule has 0 unspecified atom stereocenters. The zero-order valence-corrected chi connectivity index (χ0v) is 12.9. The maximum Gasteiger partial charge on any atom is 0.244 e. The molecule has 1 rings (SSSR count). The van der Waals surface area contributed by atoms with Gasteiger partial charge in [0.15, 0.2) is 0 Å². The van der Waals surface area contributed by atoms with Gasteiger partial charge in [-0.05, 0) is 26.0 Å². The lowest BCUT2D eigenvalue weighted by atomic mass is 10.3. The van der Waals surface area contributed by atoms with Crippen LogP contribution in [0.3, 0.4) is 0 Å². The number of hydrogen-bond donors (Lipinski definition) is 3. The molecular weight excluding hydrogens is 302 g/mol. The number of nitrogen functional groups attached to an aromatic ring is 1. The van der Waals surface area contributed by atoms with Gasteiger partial charge in [0.1, 0.15) is 4.90 Å². The number of carbonyl (C=O) groups is 1. The summed E-state index contributed by atoms with van der Waals surface area (Å²) in [5, 5.41) is 2.71. The number of sulfonamides is 1. The van der Waals surface area contributed by atoms with Gasteiger partial charge in [0.05, 0.1) is 10.7 Å². The summed E-state index contributed by atoms with van der Waals surface area (Å²) in [5.41, 5.74) is 5.69. The molecule has 4 N–H and O–H groups in total. The summed E-state index contributed by atoms with van der Waals surface area (Å²) < 4.78 is 26.4. The molecule has 0 bridgehead atoms. The highest BCUT2D eigenvalue weighted by Gasteiger charge is 2.20. The van der Waals surface area contributed by atoms with Crippen molar-refractivity contribution in [2.75, 3.05) is 12.3 Å². The molecule has 0 saturated heterocycles. The number of anilines is 1. The second kappa shape index (κ2) is 6.92. The van der Waals surface area contributed by atoms with Crippen LogP contribution < -0.4 is 15.8 Å². The van der Waals surface area contributed by atoms with E-state index in [4.69, 9.17) is 17.3 Å². The molecule has 1 aromatic rings. The van der Waals surface area contributed by atoms with E-state index in [9.17, 15) is 13.2 Å². The number of carbonyl (C=O) groups excluding carboxylic acids is 1. The van der Waals surface area contributed by atoms with Crippen molar-refractivity contribution in [3.63, 3.8) is 0 Å². The van der Waals surface area contributed by atoms with Crippen LogP contribution in [0.5, 0.6) is 0 Å². The summed E-state index contributed by atoms with van der Waals surface area (Å²) >= 11 is 5.85. The van der Waals surface area contributed by atoms with Gasteiger partial charge in [0.2, 0.25) is 15.9 Å². The summed E-state index contributed by atoms with van der Waals surface area (Å²) in [6, 6.07) is 4.47. The monoisotopic (exact) mass is 319 g/mol. The van der Waals surface area contributed by atoms with E-state index in [-0.39, 0.29) is 40.5 Å². The fourth-order valence-corrected chi connectivity index (χ4v) is 3.28. The lowest BCUT2D eigenvalue weighted by molar-refractivity contribution is -0.121. The van der Waals surface area contributed by atoms with Crippen LogP contribution in [-0.2, 0) is 14.8 Å². The third-order valence-electron chi connectivity index (χ3n) is 2.36. The maximum absolute atomic E-state index is 12.1. The molecule has 0 fully saturated rings. The minimum atomic E-state index is -3.83. The van der Waals surface area contributed by atoms with Crippen LogP contribution in [-0.4, -0.2) is 26.9 Å². The van der Waals surface area contributed by atoms with E-state index >= 15 is 0 Å². The van der Waals surface area contributed by atoms with Crippen LogP contribution in [0.2, 0.25) is 5.02 Å². The Kier molecular flexibility index (Phi) is 5.79. The van der Waals surface area contributed by atoms with Gasteiger partial charge in [0, 0.05) is 19.0 Å². The van der Waals surface area contributed by atoms with Crippen molar-refractivity contribution in [1.29, 1.82) is 0 Å². The number of hydrogen-bond acceptors (Lipinski definition) is 4. The number of benzene rings is 1. The minimum absolute atomic E-state index is 0.0123. The molecule has 0 atom stereocenters. The van der Waals surface area contributed by atoms with Gasteiger partial charge in [-0.2, -0.15) is 0 Å². The van der Waals surface area contributed by atoms with E-state index in [0.717, 1.165) is 0 Å². The zero-order valence-electron chi connectivity index (χ0n) is 11.3. The summed E-state index contributed by atoms with van der Waals surface area (Å²) in [7, 11) is -3.83. The fourth-order valence-electron chi connectivity index (χ4n) is 1.57. The molecule has 0 heterocycles. The molecule has 1 aromatic carbocycles. The second-order valence-electron chi connectivity index (χ2n) is 4.53.